The fourth-order valence-electron chi connectivity index (χ4n) is 3.58. The van der Waals surface area contributed by atoms with E-state index in [4.69, 9.17) is 4.74 Å². The first kappa shape index (κ1) is 17.9. The van der Waals surface area contributed by atoms with Gasteiger partial charge in [0.15, 0.2) is 4.83 Å². The topological polar surface area (TPSA) is 74.1 Å². The summed E-state index contributed by atoms with van der Waals surface area (Å²) in [6.07, 6.45) is 3.04. The van der Waals surface area contributed by atoms with Crippen LogP contribution in [0.1, 0.15) is 46.6 Å². The van der Waals surface area contributed by atoms with Crippen molar-refractivity contribution in [1.82, 2.24) is 15.0 Å². The van der Waals surface area contributed by atoms with Crippen LogP contribution in [-0.4, -0.2) is 27.6 Å². The summed E-state index contributed by atoms with van der Waals surface area (Å²) in [5, 5.41) is 9.14. The molecule has 1 aliphatic rings. The molecule has 1 aliphatic carbocycles. The Bertz CT molecular complexity index is 1070. The van der Waals surface area contributed by atoms with Crippen LogP contribution in [0.2, 0.25) is 0 Å². The van der Waals surface area contributed by atoms with Gasteiger partial charge < -0.3 is 4.74 Å². The maximum atomic E-state index is 13.0. The molecule has 0 spiro atoms. The molecule has 0 aliphatic heterocycles. The summed E-state index contributed by atoms with van der Waals surface area (Å²) >= 11 is 1.60. The van der Waals surface area contributed by atoms with Crippen LogP contribution in [0, 0.1) is 5.92 Å². The minimum absolute atomic E-state index is 0.103. The number of carbonyl (C=O) groups excluding carboxylic acids is 1. The number of carbonyl (C=O) groups is 1. The van der Waals surface area contributed by atoms with E-state index in [9.17, 15) is 9.59 Å². The van der Waals surface area contributed by atoms with Crippen molar-refractivity contribution in [2.45, 2.75) is 39.7 Å². The Balaban J connectivity index is 1.69. The zero-order valence-corrected chi connectivity index (χ0v) is 16.2. The van der Waals surface area contributed by atoms with Gasteiger partial charge in [0.05, 0.1) is 24.1 Å². The molecule has 4 rings (SSSR count). The zero-order chi connectivity index (χ0) is 19.0. The lowest BCUT2D eigenvalue weighted by Gasteiger charge is -2.17. The van der Waals surface area contributed by atoms with Crippen molar-refractivity contribution in [1.29, 1.82) is 0 Å². The number of aromatic nitrogens is 3. The predicted octanol–water partition coefficient (Wildman–Crippen LogP) is 3.20. The van der Waals surface area contributed by atoms with Crippen molar-refractivity contribution in [3.63, 3.8) is 0 Å². The molecule has 2 heterocycles. The van der Waals surface area contributed by atoms with E-state index in [1.54, 1.807) is 36.5 Å². The van der Waals surface area contributed by atoms with Gasteiger partial charge >= 0.3 is 5.97 Å². The number of aryl methyl sites for hydroxylation is 1. The van der Waals surface area contributed by atoms with Crippen molar-refractivity contribution in [2.24, 2.45) is 5.92 Å². The molecule has 6 nitrogen and oxygen atoms in total. The van der Waals surface area contributed by atoms with Gasteiger partial charge in [0.1, 0.15) is 0 Å². The van der Waals surface area contributed by atoms with Crippen LogP contribution in [-0.2, 0) is 24.1 Å². The Morgan fingerprint density at radius 2 is 2.26 bits per heavy atom. The van der Waals surface area contributed by atoms with Gasteiger partial charge in [-0.3, -0.25) is 4.79 Å². The van der Waals surface area contributed by atoms with E-state index in [-0.39, 0.29) is 18.1 Å². The Kier molecular flexibility index (Phi) is 4.78. The fraction of sp³-hybridized carbons (Fsp3) is 0.400. The lowest BCUT2D eigenvalue weighted by Crippen LogP contribution is -2.25. The van der Waals surface area contributed by atoms with Crippen molar-refractivity contribution in [3.05, 3.63) is 56.2 Å². The monoisotopic (exact) mass is 383 g/mol. The van der Waals surface area contributed by atoms with Crippen LogP contribution in [0.5, 0.6) is 0 Å². The van der Waals surface area contributed by atoms with Gasteiger partial charge in [-0.05, 0) is 55.4 Å². The maximum Gasteiger partial charge on any atom is 0.338 e. The number of nitrogens with zero attached hydrogens (tertiary/aromatic N) is 3. The minimum atomic E-state index is -0.366. The Labute approximate surface area is 160 Å². The zero-order valence-electron chi connectivity index (χ0n) is 15.4. The second-order valence-electron chi connectivity index (χ2n) is 7.01. The minimum Gasteiger partial charge on any atom is -0.462 e. The van der Waals surface area contributed by atoms with E-state index in [0.29, 0.717) is 18.1 Å². The standard InChI is InChI=1S/C20H21N3O3S/c1-3-26-20(25)14-6-4-5-13(10-14)11-23-19(24)17-15-8-7-12(2)9-16(15)27-18(17)21-22-23/h4-6,10,12H,3,7-9,11H2,1-2H3/t12-/m1/s1. The van der Waals surface area contributed by atoms with E-state index in [1.165, 1.54) is 9.56 Å². The highest BCUT2D eigenvalue weighted by molar-refractivity contribution is 7.18. The number of hydrogen-bond donors (Lipinski definition) is 0. The normalized spacial score (nSPS) is 16.3. The van der Waals surface area contributed by atoms with Crippen LogP contribution >= 0.6 is 11.3 Å². The lowest BCUT2D eigenvalue weighted by molar-refractivity contribution is 0.0526. The molecule has 0 fully saturated rings. The Morgan fingerprint density at radius 1 is 1.41 bits per heavy atom. The van der Waals surface area contributed by atoms with Crippen LogP contribution in [0.15, 0.2) is 29.1 Å². The van der Waals surface area contributed by atoms with E-state index in [0.717, 1.165) is 40.6 Å². The summed E-state index contributed by atoms with van der Waals surface area (Å²) in [4.78, 5) is 27.0. The molecule has 0 saturated heterocycles. The number of esters is 1. The van der Waals surface area contributed by atoms with Gasteiger partial charge in [-0.2, -0.15) is 0 Å². The first-order chi connectivity index (χ1) is 13.1. The molecular formula is C20H21N3O3S. The second kappa shape index (κ2) is 7.23. The quantitative estimate of drug-likeness (QED) is 0.647. The third-order valence-electron chi connectivity index (χ3n) is 4.96. The molecule has 0 saturated carbocycles. The highest BCUT2D eigenvalue weighted by atomic mass is 32.1. The van der Waals surface area contributed by atoms with Gasteiger partial charge in [0.2, 0.25) is 0 Å². The molecule has 7 heteroatoms. The number of hydrogen-bond acceptors (Lipinski definition) is 6. The molecule has 0 bridgehead atoms. The smallest absolute Gasteiger partial charge is 0.338 e. The molecule has 1 atom stereocenters. The van der Waals surface area contributed by atoms with E-state index in [2.05, 4.69) is 17.2 Å². The lowest BCUT2D eigenvalue weighted by atomic mass is 9.89. The van der Waals surface area contributed by atoms with Crippen molar-refractivity contribution >= 4 is 27.5 Å². The van der Waals surface area contributed by atoms with Gasteiger partial charge in [-0.1, -0.05) is 24.3 Å². The van der Waals surface area contributed by atoms with Gasteiger partial charge in [0.25, 0.3) is 5.56 Å². The molecule has 0 N–H and O–H groups in total. The van der Waals surface area contributed by atoms with Gasteiger partial charge in [-0.25, -0.2) is 9.48 Å². The van der Waals surface area contributed by atoms with E-state index < -0.39 is 0 Å². The van der Waals surface area contributed by atoms with Gasteiger partial charge in [-0.15, -0.1) is 16.4 Å². The number of benzene rings is 1. The molecule has 0 radical (unpaired) electrons. The first-order valence-electron chi connectivity index (χ1n) is 9.21. The number of rotatable bonds is 4. The summed E-state index contributed by atoms with van der Waals surface area (Å²) in [5.74, 6) is 0.278. The third kappa shape index (κ3) is 3.39. The molecule has 1 aromatic carbocycles. The Morgan fingerprint density at radius 3 is 3.07 bits per heavy atom. The van der Waals surface area contributed by atoms with Crippen LogP contribution in [0.25, 0.3) is 10.2 Å². The molecule has 140 valence electrons. The van der Waals surface area contributed by atoms with E-state index in [1.807, 2.05) is 6.07 Å². The van der Waals surface area contributed by atoms with Crippen LogP contribution in [0.3, 0.4) is 0 Å². The average molecular weight is 383 g/mol. The largest absolute Gasteiger partial charge is 0.462 e. The van der Waals surface area contributed by atoms with Crippen molar-refractivity contribution in [3.8, 4) is 0 Å². The maximum absolute atomic E-state index is 13.0. The van der Waals surface area contributed by atoms with Crippen molar-refractivity contribution < 1.29 is 9.53 Å². The van der Waals surface area contributed by atoms with Crippen LogP contribution < -0.4 is 5.56 Å². The summed E-state index contributed by atoms with van der Waals surface area (Å²) in [6, 6.07) is 7.09. The second-order valence-corrected chi connectivity index (χ2v) is 8.09. The average Bonchev–Trinajstić information content (AvgIpc) is 3.02. The summed E-state index contributed by atoms with van der Waals surface area (Å²) in [6.45, 7) is 4.62. The summed E-state index contributed by atoms with van der Waals surface area (Å²) in [7, 11) is 0. The first-order valence-corrected chi connectivity index (χ1v) is 10.0. The Hall–Kier alpha value is -2.54. The molecule has 27 heavy (non-hydrogen) atoms. The molecule has 0 amide bonds. The number of fused-ring (bicyclic) bond motifs is 3. The third-order valence-corrected chi connectivity index (χ3v) is 6.09. The number of ether oxygens (including phenoxy) is 1. The van der Waals surface area contributed by atoms with Crippen LogP contribution in [0.4, 0.5) is 0 Å². The summed E-state index contributed by atoms with van der Waals surface area (Å²) in [5.41, 5.74) is 2.34. The van der Waals surface area contributed by atoms with Crippen molar-refractivity contribution in [2.75, 3.05) is 6.61 Å². The highest BCUT2D eigenvalue weighted by Gasteiger charge is 2.23. The fourth-order valence-corrected chi connectivity index (χ4v) is 4.90. The number of thiophene rings is 1. The highest BCUT2D eigenvalue weighted by Crippen LogP contribution is 2.35. The predicted molar refractivity (Wildman–Crippen MR) is 104 cm³/mol. The molecular weight excluding hydrogens is 362 g/mol. The SMILES string of the molecule is CCOC(=O)c1cccc(Cn2nnc3sc4c(c3c2=O)CC[C@@H](C)C4)c1. The van der Waals surface area contributed by atoms with E-state index >= 15 is 0 Å². The molecule has 2 aromatic heterocycles. The molecule has 3 aromatic rings. The van der Waals surface area contributed by atoms with Gasteiger partial charge in [0, 0.05) is 4.88 Å². The molecule has 0 unspecified atom stereocenters. The summed E-state index contributed by atoms with van der Waals surface area (Å²) < 4.78 is 6.43.